The van der Waals surface area contributed by atoms with Gasteiger partial charge in [0.2, 0.25) is 5.76 Å². The molecule has 0 fully saturated rings. The van der Waals surface area contributed by atoms with E-state index >= 15 is 0 Å². The minimum Gasteiger partial charge on any atom is -0.494 e. The van der Waals surface area contributed by atoms with Crippen LogP contribution in [0.2, 0.25) is 5.02 Å². The van der Waals surface area contributed by atoms with Crippen LogP contribution in [0.5, 0.6) is 0 Å². The second-order valence-electron chi connectivity index (χ2n) is 4.92. The van der Waals surface area contributed by atoms with E-state index in [2.05, 4.69) is 11.6 Å². The second kappa shape index (κ2) is 6.60. The lowest BCUT2D eigenvalue weighted by Crippen LogP contribution is -2.19. The highest BCUT2D eigenvalue weighted by molar-refractivity contribution is 7.16. The lowest BCUT2D eigenvalue weighted by Gasteiger charge is -2.12. The lowest BCUT2D eigenvalue weighted by molar-refractivity contribution is -0.119. The summed E-state index contributed by atoms with van der Waals surface area (Å²) < 4.78 is 13.3. The maximum Gasteiger partial charge on any atom is 0.317 e. The lowest BCUT2D eigenvalue weighted by atomic mass is 10.2. The van der Waals surface area contributed by atoms with Crippen molar-refractivity contribution in [3.05, 3.63) is 52.2 Å². The van der Waals surface area contributed by atoms with Crippen molar-refractivity contribution in [1.29, 1.82) is 0 Å². The molecule has 0 bridgehead atoms. The van der Waals surface area contributed by atoms with Crippen LogP contribution in [-0.2, 0) is 20.8 Å². The molecule has 0 saturated carbocycles. The summed E-state index contributed by atoms with van der Waals surface area (Å²) in [4.78, 5) is 17.0. The molecule has 0 atom stereocenters. The summed E-state index contributed by atoms with van der Waals surface area (Å²) in [7, 11) is 0. The molecule has 1 aromatic heterocycles. The van der Waals surface area contributed by atoms with Gasteiger partial charge in [-0.15, -0.1) is 6.58 Å². The molecule has 0 N–H and O–H groups in total. The summed E-state index contributed by atoms with van der Waals surface area (Å²) in [6.45, 7) is 7.04. The zero-order chi connectivity index (χ0) is 16.4. The number of amides is 1. The van der Waals surface area contributed by atoms with Gasteiger partial charge >= 0.3 is 5.91 Å². The molecule has 1 amide bonds. The number of aryl methyl sites for hydroxylation is 1. The van der Waals surface area contributed by atoms with Gasteiger partial charge in [0.25, 0.3) is 0 Å². The first-order valence-corrected chi connectivity index (χ1v) is 8.24. The Morgan fingerprint density at radius 2 is 2.35 bits per heavy atom. The van der Waals surface area contributed by atoms with E-state index in [4.69, 9.17) is 21.1 Å². The monoisotopic (exact) mass is 350 g/mol. The third-order valence-corrected chi connectivity index (χ3v) is 4.85. The van der Waals surface area contributed by atoms with E-state index in [1.807, 2.05) is 23.6 Å². The first-order chi connectivity index (χ1) is 11.1. The van der Waals surface area contributed by atoms with Gasteiger partial charge < -0.3 is 14.0 Å². The zero-order valence-corrected chi connectivity index (χ0v) is 14.1. The van der Waals surface area contributed by atoms with E-state index in [0.717, 1.165) is 15.8 Å². The third kappa shape index (κ3) is 3.04. The molecule has 2 aromatic rings. The summed E-state index contributed by atoms with van der Waals surface area (Å²) in [5.74, 6) is -0.341. The molecular weight excluding hydrogens is 336 g/mol. The van der Waals surface area contributed by atoms with Gasteiger partial charge in [0, 0.05) is 11.6 Å². The number of ether oxygens (including phenoxy) is 2. The molecule has 0 aliphatic carbocycles. The van der Waals surface area contributed by atoms with Gasteiger partial charge in [-0.3, -0.25) is 4.79 Å². The Morgan fingerprint density at radius 3 is 3.04 bits per heavy atom. The van der Waals surface area contributed by atoms with Crippen LogP contribution in [0.15, 0.2) is 41.8 Å². The molecule has 7 heteroatoms. The fourth-order valence-electron chi connectivity index (χ4n) is 2.32. The summed E-state index contributed by atoms with van der Waals surface area (Å²) in [6.07, 6.45) is 3.07. The molecule has 0 radical (unpaired) electrons. The largest absolute Gasteiger partial charge is 0.494 e. The van der Waals surface area contributed by atoms with Crippen LogP contribution >= 0.6 is 22.9 Å². The number of carbonyl (C=O) groups excluding carboxylic acids is 1. The standard InChI is InChI=1S/C16H15ClN2O3S/c1-3-6-19-14-10(2)11(17)4-5-13(14)23-16(19)18-15(20)12-9-21-7-8-22-12/h3-5,9H,1,6-8H2,2H3. The van der Waals surface area contributed by atoms with Crippen LogP contribution in [0.25, 0.3) is 10.2 Å². The van der Waals surface area contributed by atoms with Crippen molar-refractivity contribution < 1.29 is 14.3 Å². The van der Waals surface area contributed by atoms with E-state index in [1.165, 1.54) is 17.6 Å². The van der Waals surface area contributed by atoms with Crippen molar-refractivity contribution in [3.8, 4) is 0 Å². The normalized spacial score (nSPS) is 15.0. The van der Waals surface area contributed by atoms with Gasteiger partial charge in [-0.05, 0) is 24.6 Å². The number of aromatic nitrogens is 1. The molecular formula is C16H15ClN2O3S. The highest BCUT2D eigenvalue weighted by Gasteiger charge is 2.16. The maximum absolute atomic E-state index is 12.3. The predicted molar refractivity (Wildman–Crippen MR) is 90.3 cm³/mol. The number of benzene rings is 1. The highest BCUT2D eigenvalue weighted by Crippen LogP contribution is 2.27. The van der Waals surface area contributed by atoms with E-state index in [-0.39, 0.29) is 5.76 Å². The van der Waals surface area contributed by atoms with Crippen molar-refractivity contribution in [2.24, 2.45) is 4.99 Å². The number of rotatable bonds is 3. The number of carbonyl (C=O) groups is 1. The average Bonchev–Trinajstić information content (AvgIpc) is 2.90. The molecule has 120 valence electrons. The first-order valence-electron chi connectivity index (χ1n) is 7.05. The minimum atomic E-state index is -0.460. The van der Waals surface area contributed by atoms with Crippen LogP contribution in [-0.4, -0.2) is 23.7 Å². The fraction of sp³-hybridized carbons (Fsp3) is 0.250. The molecule has 0 unspecified atom stereocenters. The Balaban J connectivity index is 2.16. The Morgan fingerprint density at radius 1 is 1.52 bits per heavy atom. The van der Waals surface area contributed by atoms with E-state index < -0.39 is 5.91 Å². The number of nitrogens with zero attached hydrogens (tertiary/aromatic N) is 2. The van der Waals surface area contributed by atoms with Crippen molar-refractivity contribution >= 4 is 39.1 Å². The molecule has 5 nitrogen and oxygen atoms in total. The predicted octanol–water partition coefficient (Wildman–Crippen LogP) is 3.17. The summed E-state index contributed by atoms with van der Waals surface area (Å²) in [5.41, 5.74) is 1.91. The van der Waals surface area contributed by atoms with Crippen molar-refractivity contribution in [3.63, 3.8) is 0 Å². The minimum absolute atomic E-state index is 0.119. The third-order valence-electron chi connectivity index (χ3n) is 3.40. The van der Waals surface area contributed by atoms with Gasteiger partial charge in [0.15, 0.2) is 4.80 Å². The maximum atomic E-state index is 12.3. The van der Waals surface area contributed by atoms with E-state index in [1.54, 1.807) is 6.08 Å². The summed E-state index contributed by atoms with van der Waals surface area (Å²) >= 11 is 7.64. The van der Waals surface area contributed by atoms with Crippen LogP contribution < -0.4 is 4.80 Å². The smallest absolute Gasteiger partial charge is 0.317 e. The highest BCUT2D eigenvalue weighted by atomic mass is 35.5. The van der Waals surface area contributed by atoms with Gasteiger partial charge in [0.05, 0.1) is 10.2 Å². The summed E-state index contributed by atoms with van der Waals surface area (Å²) in [6, 6.07) is 3.78. The number of thiazole rings is 1. The molecule has 23 heavy (non-hydrogen) atoms. The number of hydrogen-bond donors (Lipinski definition) is 0. The van der Waals surface area contributed by atoms with E-state index in [9.17, 15) is 4.79 Å². The van der Waals surface area contributed by atoms with Crippen molar-refractivity contribution in [2.45, 2.75) is 13.5 Å². The zero-order valence-electron chi connectivity index (χ0n) is 12.5. The topological polar surface area (TPSA) is 52.8 Å². The molecule has 1 aliphatic rings. The van der Waals surface area contributed by atoms with Crippen LogP contribution in [0, 0.1) is 6.92 Å². The summed E-state index contributed by atoms with van der Waals surface area (Å²) in [5, 5.41) is 0.678. The van der Waals surface area contributed by atoms with Gasteiger partial charge in [0.1, 0.15) is 19.5 Å². The quantitative estimate of drug-likeness (QED) is 0.799. The van der Waals surface area contributed by atoms with Gasteiger partial charge in [-0.1, -0.05) is 29.0 Å². The van der Waals surface area contributed by atoms with Gasteiger partial charge in [-0.25, -0.2) is 0 Å². The second-order valence-corrected chi connectivity index (χ2v) is 6.34. The van der Waals surface area contributed by atoms with Crippen LogP contribution in [0.4, 0.5) is 0 Å². The Labute approximate surface area is 142 Å². The first kappa shape index (κ1) is 15.8. The Kier molecular flexibility index (Phi) is 4.54. The van der Waals surface area contributed by atoms with Crippen LogP contribution in [0.3, 0.4) is 0 Å². The van der Waals surface area contributed by atoms with Crippen LogP contribution in [0.1, 0.15) is 5.56 Å². The Hall–Kier alpha value is -2.05. The molecule has 1 aliphatic heterocycles. The van der Waals surface area contributed by atoms with Gasteiger partial charge in [-0.2, -0.15) is 4.99 Å². The molecule has 1 aromatic carbocycles. The molecule has 0 saturated heterocycles. The molecule has 3 rings (SSSR count). The number of allylic oxidation sites excluding steroid dienone is 1. The van der Waals surface area contributed by atoms with E-state index in [0.29, 0.717) is 29.6 Å². The van der Waals surface area contributed by atoms with Crippen molar-refractivity contribution in [2.75, 3.05) is 13.2 Å². The molecule has 2 heterocycles. The SMILES string of the molecule is C=CCn1c(=NC(=O)C2=COCCO2)sc2ccc(Cl)c(C)c21. The number of hydrogen-bond acceptors (Lipinski definition) is 4. The van der Waals surface area contributed by atoms with Crippen molar-refractivity contribution in [1.82, 2.24) is 4.57 Å². The number of fused-ring (bicyclic) bond motifs is 1. The average molecular weight is 351 g/mol. The number of halogens is 1. The molecule has 0 spiro atoms. The fourth-order valence-corrected chi connectivity index (χ4v) is 3.57. The Bertz CT molecular complexity index is 879.